The summed E-state index contributed by atoms with van der Waals surface area (Å²) in [4.78, 5) is 31.3. The molecule has 16 heteroatoms. The van der Waals surface area contributed by atoms with Crippen LogP contribution >= 0.6 is 11.6 Å². The topological polar surface area (TPSA) is 108 Å². The van der Waals surface area contributed by atoms with E-state index in [4.69, 9.17) is 44.8 Å². The molecule has 3 heterocycles. The second-order valence-electron chi connectivity index (χ2n) is 27.8. The smallest absolute Gasteiger partial charge is 0.306 e. The van der Waals surface area contributed by atoms with Gasteiger partial charge in [-0.05, 0) is 267 Å². The van der Waals surface area contributed by atoms with Crippen molar-refractivity contribution in [2.75, 3.05) is 74.8 Å². The molecule has 0 aromatic heterocycles. The van der Waals surface area contributed by atoms with Gasteiger partial charge in [0.15, 0.2) is 0 Å². The van der Waals surface area contributed by atoms with E-state index in [0.29, 0.717) is 77.7 Å². The van der Waals surface area contributed by atoms with Crippen LogP contribution in [0.1, 0.15) is 153 Å². The Kier molecular flexibility index (Phi) is 27.3. The van der Waals surface area contributed by atoms with Gasteiger partial charge >= 0.3 is 11.9 Å². The molecule has 0 bridgehead atoms. The zero-order valence-electron chi connectivity index (χ0n) is 59.9. The van der Waals surface area contributed by atoms with Crippen molar-refractivity contribution in [1.82, 2.24) is 14.7 Å². The van der Waals surface area contributed by atoms with Crippen molar-refractivity contribution in [3.05, 3.63) is 220 Å². The van der Waals surface area contributed by atoms with Crippen LogP contribution in [-0.2, 0) is 57.8 Å². The number of piperidine rings is 3. The minimum absolute atomic E-state index is 0.161. The predicted octanol–water partition coefficient (Wildman–Crippen LogP) is 19.5. The van der Waals surface area contributed by atoms with Crippen LogP contribution in [0.3, 0.4) is 0 Å². The van der Waals surface area contributed by atoms with Gasteiger partial charge < -0.3 is 33.2 Å². The molecule has 102 heavy (non-hydrogen) atoms. The van der Waals surface area contributed by atoms with Gasteiger partial charge in [-0.1, -0.05) is 98.1 Å². The number of carbonyl (C=O) groups excluding carboxylic acids is 2. The molecule has 5 aliphatic rings. The summed E-state index contributed by atoms with van der Waals surface area (Å²) in [5, 5.41) is 0. The van der Waals surface area contributed by atoms with Crippen molar-refractivity contribution in [2.24, 2.45) is 11.8 Å². The highest BCUT2D eigenvalue weighted by molar-refractivity contribution is 6.17. The molecule has 5 fully saturated rings. The maximum atomic E-state index is 15.0. The molecule has 12 nitrogen and oxygen atoms in total. The van der Waals surface area contributed by atoms with Crippen LogP contribution in [0.25, 0.3) is 33.4 Å². The van der Waals surface area contributed by atoms with Gasteiger partial charge in [-0.2, -0.15) is 0 Å². The SMILES string of the molecule is COC(=O)C[C@@H](c1cccc(OCc2ccc(-c3cc(OC)ccc3F)c(CN3CCCCC3)c2)c1)C1CC1.COC(=O)C[C@H](c1cccc(OCc2ccc(-c3cc(OC)ccc3F)c(CN3CCCCC3)c2)c1)C1CC1.COc1ccc(F)c(-c2ccc(CCl)cc2CN2CCCCC2)c1. The Bertz CT molecular complexity index is 3870. The highest BCUT2D eigenvalue weighted by Crippen LogP contribution is 2.47. The summed E-state index contributed by atoms with van der Waals surface area (Å²) in [5.41, 5.74) is 13.1. The molecule has 13 rings (SSSR count). The third-order valence-electron chi connectivity index (χ3n) is 20.6. The summed E-state index contributed by atoms with van der Waals surface area (Å²) in [5.74, 6) is 4.26. The zero-order chi connectivity index (χ0) is 71.3. The van der Waals surface area contributed by atoms with Crippen molar-refractivity contribution in [1.29, 1.82) is 0 Å². The first kappa shape index (κ1) is 74.8. The molecular weight excluding hydrogens is 1310 g/mol. The van der Waals surface area contributed by atoms with Crippen molar-refractivity contribution in [2.45, 2.75) is 147 Å². The molecule has 3 saturated heterocycles. The number of hydrogen-bond acceptors (Lipinski definition) is 12. The number of nitrogens with zero attached hydrogens (tertiary/aromatic N) is 3. The number of esters is 2. The predicted molar refractivity (Wildman–Crippen MR) is 398 cm³/mol. The number of hydrogen-bond donors (Lipinski definition) is 0. The Labute approximate surface area is 606 Å². The van der Waals surface area contributed by atoms with Crippen LogP contribution in [0.15, 0.2) is 158 Å². The van der Waals surface area contributed by atoms with E-state index in [1.807, 2.05) is 60.7 Å². The van der Waals surface area contributed by atoms with Gasteiger partial charge in [0, 0.05) is 42.2 Å². The van der Waals surface area contributed by atoms with E-state index in [1.54, 1.807) is 57.7 Å². The Morgan fingerprint density at radius 2 is 0.725 bits per heavy atom. The first-order chi connectivity index (χ1) is 49.8. The maximum absolute atomic E-state index is 15.0. The molecule has 0 unspecified atom stereocenters. The van der Waals surface area contributed by atoms with Crippen LogP contribution < -0.4 is 23.7 Å². The van der Waals surface area contributed by atoms with E-state index in [0.717, 1.165) is 157 Å². The second-order valence-corrected chi connectivity index (χ2v) is 28.1. The quantitative estimate of drug-likeness (QED) is 0.0361. The molecule has 8 aromatic carbocycles. The van der Waals surface area contributed by atoms with Crippen LogP contribution in [0.2, 0.25) is 0 Å². The van der Waals surface area contributed by atoms with Gasteiger partial charge in [-0.3, -0.25) is 24.3 Å². The first-order valence-corrected chi connectivity index (χ1v) is 37.0. The molecule has 8 aromatic rings. The maximum Gasteiger partial charge on any atom is 0.306 e. The normalized spacial score (nSPS) is 16.2. The fourth-order valence-electron chi connectivity index (χ4n) is 14.6. The molecule has 2 aliphatic carbocycles. The number of carbonyl (C=O) groups is 2. The Hall–Kier alpha value is -8.34. The molecular formula is C86H99ClF3N3O9. The number of likely N-dealkylation sites (tertiary alicyclic amines) is 3. The van der Waals surface area contributed by atoms with E-state index in [9.17, 15) is 22.8 Å². The Morgan fingerprint density at radius 1 is 0.392 bits per heavy atom. The lowest BCUT2D eigenvalue weighted by atomic mass is 9.91. The van der Waals surface area contributed by atoms with E-state index in [1.165, 1.54) is 90.2 Å². The Balaban J connectivity index is 0.000000159. The summed E-state index contributed by atoms with van der Waals surface area (Å²) in [7, 11) is 7.69. The lowest BCUT2D eigenvalue weighted by Gasteiger charge is -2.27. The van der Waals surface area contributed by atoms with Gasteiger partial charge in [0.05, 0.1) is 48.4 Å². The van der Waals surface area contributed by atoms with Crippen molar-refractivity contribution in [3.8, 4) is 62.1 Å². The monoisotopic (exact) mass is 1410 g/mol. The lowest BCUT2D eigenvalue weighted by Crippen LogP contribution is -2.29. The van der Waals surface area contributed by atoms with Crippen molar-refractivity contribution in [3.63, 3.8) is 0 Å². The zero-order valence-corrected chi connectivity index (χ0v) is 60.7. The molecule has 540 valence electrons. The molecule has 0 amide bonds. The molecule has 2 saturated carbocycles. The van der Waals surface area contributed by atoms with Gasteiger partial charge in [-0.25, -0.2) is 13.2 Å². The average molecular weight is 1410 g/mol. The van der Waals surface area contributed by atoms with Gasteiger partial charge in [-0.15, -0.1) is 11.6 Å². The first-order valence-electron chi connectivity index (χ1n) is 36.5. The van der Waals surface area contributed by atoms with E-state index in [2.05, 4.69) is 57.2 Å². The second kappa shape index (κ2) is 37.2. The number of halogens is 4. The van der Waals surface area contributed by atoms with E-state index < -0.39 is 0 Å². The summed E-state index contributed by atoms with van der Waals surface area (Å²) < 4.78 is 82.8. The van der Waals surface area contributed by atoms with E-state index in [-0.39, 0.29) is 41.2 Å². The largest absolute Gasteiger partial charge is 0.497 e. The number of benzene rings is 8. The fraction of sp³-hybridized carbons (Fsp3) is 0.419. The number of alkyl halides is 1. The van der Waals surface area contributed by atoms with Crippen LogP contribution in [0.5, 0.6) is 28.7 Å². The molecule has 0 radical (unpaired) electrons. The lowest BCUT2D eigenvalue weighted by molar-refractivity contribution is -0.142. The van der Waals surface area contributed by atoms with Crippen LogP contribution in [-0.4, -0.2) is 101 Å². The Morgan fingerprint density at radius 3 is 1.04 bits per heavy atom. The standard InChI is InChI=1S/2C33H38FNO4.C20H23ClFNO/c2*1-37-27-12-14-32(34)31(19-27)29-13-9-23(17-26(29)21-35-15-4-3-5-16-35)22-39-28-8-6-7-25(18-28)30(24-10-11-24)20-33(36)38-2;1-24-17-6-8-20(22)19(12-17)18-7-5-15(13-21)11-16(18)14-23-9-3-2-4-10-23/h2*6-9,12-14,17-19,24,30H,3-5,10-11,15-16,20-22H2,1-2H3;5-8,11-12H,2-4,9-10,13-14H2,1H3/t2*30-;/m10./s1. The highest BCUT2D eigenvalue weighted by atomic mass is 35.5. The summed E-state index contributed by atoms with van der Waals surface area (Å²) in [6, 6.07) is 49.2. The third-order valence-corrected chi connectivity index (χ3v) is 20.9. The molecule has 2 atom stereocenters. The fourth-order valence-corrected chi connectivity index (χ4v) is 14.8. The molecule has 0 spiro atoms. The van der Waals surface area contributed by atoms with Gasteiger partial charge in [0.2, 0.25) is 0 Å². The molecule has 3 aliphatic heterocycles. The number of ether oxygens (including phenoxy) is 7. The van der Waals surface area contributed by atoms with Crippen molar-refractivity contribution < 1.29 is 55.9 Å². The van der Waals surface area contributed by atoms with Crippen molar-refractivity contribution >= 4 is 23.5 Å². The minimum Gasteiger partial charge on any atom is -0.497 e. The van der Waals surface area contributed by atoms with Gasteiger partial charge in [0.25, 0.3) is 0 Å². The molecule has 0 N–H and O–H groups in total. The minimum atomic E-state index is -0.256. The highest BCUT2D eigenvalue weighted by Gasteiger charge is 2.36. The van der Waals surface area contributed by atoms with Crippen LogP contribution in [0, 0.1) is 29.3 Å². The number of rotatable bonds is 27. The van der Waals surface area contributed by atoms with Gasteiger partial charge in [0.1, 0.15) is 59.4 Å². The summed E-state index contributed by atoms with van der Waals surface area (Å²) in [6.45, 7) is 9.61. The van der Waals surface area contributed by atoms with Crippen LogP contribution in [0.4, 0.5) is 13.2 Å². The third kappa shape index (κ3) is 20.9. The average Bonchev–Trinajstić information content (AvgIpc) is 1.82. The summed E-state index contributed by atoms with van der Waals surface area (Å²) >= 11 is 6.01. The van der Waals surface area contributed by atoms with E-state index >= 15 is 0 Å². The number of methoxy groups -OCH3 is 5. The summed E-state index contributed by atoms with van der Waals surface area (Å²) in [6.07, 6.45) is 16.5.